The smallest absolute Gasteiger partial charge is 0.209 e. The first-order valence-corrected chi connectivity index (χ1v) is 12.4. The lowest BCUT2D eigenvalue weighted by atomic mass is 10.2. The number of sulfone groups is 1. The van der Waals surface area contributed by atoms with Crippen molar-refractivity contribution in [1.82, 2.24) is 4.57 Å². The summed E-state index contributed by atoms with van der Waals surface area (Å²) in [5, 5.41) is 2.09. The van der Waals surface area contributed by atoms with Crippen LogP contribution in [0.15, 0.2) is 93.7 Å². The second-order valence-electron chi connectivity index (χ2n) is 6.82. The van der Waals surface area contributed by atoms with Gasteiger partial charge in [0.25, 0.3) is 0 Å². The molecular weight excluding hydrogens is 436 g/mol. The van der Waals surface area contributed by atoms with E-state index in [9.17, 15) is 8.42 Å². The predicted octanol–water partition coefficient (Wildman–Crippen LogP) is 5.23. The fraction of sp³-hybridized carbons (Fsp3) is 0.130. The van der Waals surface area contributed by atoms with Crippen molar-refractivity contribution in [2.75, 3.05) is 12.3 Å². The van der Waals surface area contributed by atoms with Gasteiger partial charge in [-0.2, -0.15) is 0 Å². The lowest BCUT2D eigenvalue weighted by Crippen LogP contribution is -2.08. The van der Waals surface area contributed by atoms with E-state index in [4.69, 9.17) is 17.3 Å². The Kier molecular flexibility index (Phi) is 6.20. The predicted molar refractivity (Wildman–Crippen MR) is 124 cm³/mol. The van der Waals surface area contributed by atoms with Gasteiger partial charge in [-0.3, -0.25) is 0 Å². The number of thioether (sulfide) groups is 1. The number of nitrogens with zero attached hydrogens (tertiary/aromatic N) is 1. The van der Waals surface area contributed by atoms with E-state index in [1.54, 1.807) is 24.3 Å². The molecule has 0 atom stereocenters. The summed E-state index contributed by atoms with van der Waals surface area (Å²) < 4.78 is 29.4. The Labute approximate surface area is 185 Å². The fourth-order valence-electron chi connectivity index (χ4n) is 3.45. The highest BCUT2D eigenvalue weighted by molar-refractivity contribution is 8.00. The highest BCUT2D eigenvalue weighted by atomic mass is 35.5. The van der Waals surface area contributed by atoms with E-state index in [-0.39, 0.29) is 4.90 Å². The molecule has 154 valence electrons. The number of rotatable bonds is 7. The van der Waals surface area contributed by atoms with Gasteiger partial charge in [-0.1, -0.05) is 60.1 Å². The van der Waals surface area contributed by atoms with Gasteiger partial charge >= 0.3 is 0 Å². The first-order valence-electron chi connectivity index (χ1n) is 9.51. The number of hydrogen-bond acceptors (Lipinski definition) is 4. The summed E-state index contributed by atoms with van der Waals surface area (Å²) in [5.74, 6) is 0.619. The lowest BCUT2D eigenvalue weighted by Gasteiger charge is -2.12. The zero-order valence-corrected chi connectivity index (χ0v) is 18.6. The molecule has 0 unspecified atom stereocenters. The number of fused-ring (bicyclic) bond motifs is 1. The van der Waals surface area contributed by atoms with Gasteiger partial charge in [-0.05, 0) is 35.9 Å². The average molecular weight is 457 g/mol. The lowest BCUT2D eigenvalue weighted by molar-refractivity contribution is 0.592. The van der Waals surface area contributed by atoms with Gasteiger partial charge in [0.2, 0.25) is 9.84 Å². The molecule has 1 heterocycles. The van der Waals surface area contributed by atoms with Crippen LogP contribution in [0.5, 0.6) is 0 Å². The summed E-state index contributed by atoms with van der Waals surface area (Å²) in [5.41, 5.74) is 7.68. The van der Waals surface area contributed by atoms with E-state index < -0.39 is 9.84 Å². The highest BCUT2D eigenvalue weighted by Gasteiger charge is 2.29. The number of benzene rings is 3. The van der Waals surface area contributed by atoms with Crippen molar-refractivity contribution in [2.24, 2.45) is 5.73 Å². The van der Waals surface area contributed by atoms with Crippen LogP contribution in [0, 0.1) is 0 Å². The zero-order valence-electron chi connectivity index (χ0n) is 16.2. The van der Waals surface area contributed by atoms with Gasteiger partial charge in [0.1, 0.15) is 4.90 Å². The van der Waals surface area contributed by atoms with Crippen LogP contribution < -0.4 is 5.73 Å². The number of para-hydroxylation sites is 1. The Hall–Kier alpha value is -2.25. The van der Waals surface area contributed by atoms with Crippen LogP contribution in [0.25, 0.3) is 10.9 Å². The monoisotopic (exact) mass is 456 g/mol. The van der Waals surface area contributed by atoms with Gasteiger partial charge in [0.05, 0.1) is 15.4 Å². The van der Waals surface area contributed by atoms with Crippen LogP contribution in [-0.4, -0.2) is 25.3 Å². The Morgan fingerprint density at radius 2 is 1.57 bits per heavy atom. The van der Waals surface area contributed by atoms with Crippen LogP contribution in [0.3, 0.4) is 0 Å². The third kappa shape index (κ3) is 4.01. The maximum Gasteiger partial charge on any atom is 0.209 e. The van der Waals surface area contributed by atoms with Crippen molar-refractivity contribution >= 4 is 44.1 Å². The van der Waals surface area contributed by atoms with Crippen molar-refractivity contribution in [1.29, 1.82) is 0 Å². The normalized spacial score (nSPS) is 11.8. The van der Waals surface area contributed by atoms with E-state index in [1.807, 2.05) is 54.6 Å². The molecule has 3 aromatic carbocycles. The molecule has 2 N–H and O–H groups in total. The number of hydrogen-bond donors (Lipinski definition) is 1. The standard InChI is InChI=1S/C23H21ClN2O2S2/c24-18-12-10-17(11-13-18)16-26-21-9-5-4-8-20(21)22(23(26)29-15-14-25)30(27,28)19-6-2-1-3-7-19/h1-13H,14-16,25H2. The quantitative estimate of drug-likeness (QED) is 0.387. The maximum atomic E-state index is 13.7. The summed E-state index contributed by atoms with van der Waals surface area (Å²) in [4.78, 5) is 0.630. The van der Waals surface area contributed by atoms with Crippen molar-refractivity contribution in [3.8, 4) is 0 Å². The largest absolute Gasteiger partial charge is 0.330 e. The number of halogens is 1. The summed E-state index contributed by atoms with van der Waals surface area (Å²) in [7, 11) is -3.71. The minimum absolute atomic E-state index is 0.286. The second kappa shape index (κ2) is 8.86. The van der Waals surface area contributed by atoms with Crippen molar-refractivity contribution in [2.45, 2.75) is 21.4 Å². The SMILES string of the molecule is NCCSc1c(S(=O)(=O)c2ccccc2)c2ccccc2n1Cc1ccc(Cl)cc1. The fourth-order valence-corrected chi connectivity index (χ4v) is 6.51. The Morgan fingerprint density at radius 3 is 2.27 bits per heavy atom. The van der Waals surface area contributed by atoms with Crippen LogP contribution in [0.2, 0.25) is 5.02 Å². The van der Waals surface area contributed by atoms with E-state index in [0.717, 1.165) is 16.5 Å². The summed E-state index contributed by atoms with van der Waals surface area (Å²) in [6.07, 6.45) is 0. The summed E-state index contributed by atoms with van der Waals surface area (Å²) in [6.45, 7) is 0.993. The molecule has 4 aromatic rings. The zero-order chi connectivity index (χ0) is 21.1. The molecule has 0 fully saturated rings. The Morgan fingerprint density at radius 1 is 0.900 bits per heavy atom. The summed E-state index contributed by atoms with van der Waals surface area (Å²) >= 11 is 7.51. The number of nitrogens with two attached hydrogens (primary N) is 1. The molecule has 4 rings (SSSR count). The minimum atomic E-state index is -3.71. The second-order valence-corrected chi connectivity index (χ2v) is 10.2. The molecule has 0 aliphatic heterocycles. The maximum absolute atomic E-state index is 13.7. The molecule has 0 amide bonds. The molecule has 30 heavy (non-hydrogen) atoms. The van der Waals surface area contributed by atoms with Gasteiger partial charge in [0, 0.05) is 29.3 Å². The number of aromatic nitrogens is 1. The van der Waals surface area contributed by atoms with Gasteiger partial charge in [-0.15, -0.1) is 11.8 Å². The first kappa shape index (κ1) is 21.0. The van der Waals surface area contributed by atoms with Crippen molar-refractivity contribution in [3.63, 3.8) is 0 Å². The molecule has 0 bridgehead atoms. The molecule has 0 radical (unpaired) electrons. The van der Waals surface area contributed by atoms with Gasteiger partial charge < -0.3 is 10.3 Å². The van der Waals surface area contributed by atoms with E-state index in [0.29, 0.717) is 33.8 Å². The van der Waals surface area contributed by atoms with E-state index >= 15 is 0 Å². The van der Waals surface area contributed by atoms with Gasteiger partial charge in [0.15, 0.2) is 0 Å². The van der Waals surface area contributed by atoms with E-state index in [2.05, 4.69) is 4.57 Å². The molecule has 0 saturated carbocycles. The molecule has 4 nitrogen and oxygen atoms in total. The van der Waals surface area contributed by atoms with Crippen LogP contribution >= 0.6 is 23.4 Å². The average Bonchev–Trinajstić information content (AvgIpc) is 3.08. The van der Waals surface area contributed by atoms with Crippen molar-refractivity contribution < 1.29 is 8.42 Å². The Bertz CT molecular complexity index is 1270. The molecular formula is C23H21ClN2O2S2. The topological polar surface area (TPSA) is 65.1 Å². The molecule has 7 heteroatoms. The van der Waals surface area contributed by atoms with E-state index in [1.165, 1.54) is 11.8 Å². The molecule has 1 aromatic heterocycles. The van der Waals surface area contributed by atoms with Crippen LogP contribution in [0.4, 0.5) is 0 Å². The van der Waals surface area contributed by atoms with Crippen LogP contribution in [0.1, 0.15) is 5.56 Å². The first-order chi connectivity index (χ1) is 14.5. The molecule has 0 aliphatic rings. The summed E-state index contributed by atoms with van der Waals surface area (Å²) in [6, 6.07) is 23.8. The van der Waals surface area contributed by atoms with Crippen molar-refractivity contribution in [3.05, 3.63) is 89.4 Å². The minimum Gasteiger partial charge on any atom is -0.330 e. The Balaban J connectivity index is 1.96. The highest BCUT2D eigenvalue weighted by Crippen LogP contribution is 2.39. The van der Waals surface area contributed by atoms with Gasteiger partial charge in [-0.25, -0.2) is 8.42 Å². The van der Waals surface area contributed by atoms with Crippen LogP contribution in [-0.2, 0) is 16.4 Å². The molecule has 0 saturated heterocycles. The third-order valence-electron chi connectivity index (χ3n) is 4.81. The molecule has 0 aliphatic carbocycles. The third-order valence-corrected chi connectivity index (χ3v) is 8.17. The molecule has 0 spiro atoms.